The molecule has 3 rings (SSSR count). The van der Waals surface area contributed by atoms with Crippen molar-refractivity contribution in [1.82, 2.24) is 14.9 Å². The molecule has 0 radical (unpaired) electrons. The Kier molecular flexibility index (Phi) is 5.02. The summed E-state index contributed by atoms with van der Waals surface area (Å²) >= 11 is 0. The monoisotopic (exact) mass is 387 g/mol. The lowest BCUT2D eigenvalue weighted by atomic mass is 10.2. The van der Waals surface area contributed by atoms with Crippen LogP contribution in [0.2, 0.25) is 0 Å². The zero-order valence-corrected chi connectivity index (χ0v) is 15.4. The van der Waals surface area contributed by atoms with E-state index in [9.17, 15) is 18.0 Å². The van der Waals surface area contributed by atoms with Gasteiger partial charge in [-0.25, -0.2) is 13.2 Å². The molecule has 0 spiro atoms. The molecule has 2 atom stereocenters. The molecule has 3 N–H and O–H groups in total. The molecule has 2 amide bonds. The molecule has 2 saturated carbocycles. The maximum atomic E-state index is 12.8. The van der Waals surface area contributed by atoms with Crippen LogP contribution in [-0.2, 0) is 19.6 Å². The molecule has 2 aliphatic carbocycles. The second kappa shape index (κ2) is 6.82. The molecule has 1 heterocycles. The highest BCUT2D eigenvalue weighted by Gasteiger charge is 2.63. The first kappa shape index (κ1) is 19.1. The van der Waals surface area contributed by atoms with E-state index in [1.54, 1.807) is 0 Å². The minimum absolute atomic E-state index is 0.213. The lowest BCUT2D eigenvalue weighted by molar-refractivity contribution is -0.122. The Bertz CT molecular complexity index is 699. The van der Waals surface area contributed by atoms with E-state index in [0.29, 0.717) is 39.0 Å². The first-order valence-electron chi connectivity index (χ1n) is 8.75. The van der Waals surface area contributed by atoms with Crippen molar-refractivity contribution in [2.24, 2.45) is 5.92 Å². The van der Waals surface area contributed by atoms with Crippen LogP contribution in [0, 0.1) is 5.92 Å². The third kappa shape index (κ3) is 3.58. The predicted octanol–water partition coefficient (Wildman–Crippen LogP) is -0.100. The summed E-state index contributed by atoms with van der Waals surface area (Å²) in [4.78, 5) is 25.7. The second-order valence-corrected chi connectivity index (χ2v) is 9.35. The van der Waals surface area contributed by atoms with E-state index in [1.807, 2.05) is 0 Å². The van der Waals surface area contributed by atoms with Crippen molar-refractivity contribution in [3.8, 4) is 0 Å². The van der Waals surface area contributed by atoms with E-state index in [1.165, 1.54) is 6.08 Å². The molecular formula is C16H25N3O6S. The van der Waals surface area contributed by atoms with E-state index < -0.39 is 38.2 Å². The molecule has 0 aromatic carbocycles. The van der Waals surface area contributed by atoms with Crippen LogP contribution in [0.4, 0.5) is 4.79 Å². The van der Waals surface area contributed by atoms with Crippen LogP contribution in [0.1, 0.15) is 25.7 Å². The van der Waals surface area contributed by atoms with Gasteiger partial charge in [0.2, 0.25) is 10.0 Å². The van der Waals surface area contributed by atoms with Crippen molar-refractivity contribution >= 4 is 22.0 Å². The Morgan fingerprint density at radius 1 is 1.31 bits per heavy atom. The summed E-state index contributed by atoms with van der Waals surface area (Å²) in [6, 6.07) is 0. The van der Waals surface area contributed by atoms with Crippen LogP contribution in [-0.4, -0.2) is 73.6 Å². The first-order valence-corrected chi connectivity index (χ1v) is 10.2. The van der Waals surface area contributed by atoms with Gasteiger partial charge in [0.05, 0.1) is 18.0 Å². The first-order chi connectivity index (χ1) is 12.2. The number of morpholine rings is 1. The molecule has 146 valence electrons. The van der Waals surface area contributed by atoms with Gasteiger partial charge in [0.1, 0.15) is 5.54 Å². The molecule has 1 aliphatic heterocycles. The third-order valence-corrected chi connectivity index (χ3v) is 7.83. The molecule has 0 aromatic rings. The molecule has 0 aromatic heterocycles. The van der Waals surface area contributed by atoms with Crippen LogP contribution in [0.15, 0.2) is 12.7 Å². The number of hydrogen-bond donors (Lipinski definition) is 3. The SMILES string of the molecule is C=C[C@@H]1C[C@]1(NC(=O)O)C(=O)NS(=O)(=O)C1(CCN2CCOCC2)CC1. The Morgan fingerprint density at radius 3 is 2.46 bits per heavy atom. The van der Waals surface area contributed by atoms with Gasteiger partial charge < -0.3 is 15.2 Å². The summed E-state index contributed by atoms with van der Waals surface area (Å²) in [6.07, 6.45) is 1.77. The number of carbonyl (C=O) groups is 2. The van der Waals surface area contributed by atoms with Gasteiger partial charge in [0.25, 0.3) is 5.91 Å². The van der Waals surface area contributed by atoms with Gasteiger partial charge in [-0.2, -0.15) is 0 Å². The Morgan fingerprint density at radius 2 is 1.96 bits per heavy atom. The summed E-state index contributed by atoms with van der Waals surface area (Å²) < 4.78 is 32.0. The lowest BCUT2D eigenvalue weighted by Gasteiger charge is -2.28. The number of amides is 2. The molecule has 3 aliphatic rings. The largest absolute Gasteiger partial charge is 0.465 e. The van der Waals surface area contributed by atoms with Gasteiger partial charge in [0, 0.05) is 19.0 Å². The number of rotatable bonds is 8. The number of carboxylic acid groups (broad SMARTS) is 1. The summed E-state index contributed by atoms with van der Waals surface area (Å²) in [5.41, 5.74) is -1.43. The summed E-state index contributed by atoms with van der Waals surface area (Å²) in [5, 5.41) is 11.1. The van der Waals surface area contributed by atoms with E-state index in [0.717, 1.165) is 13.1 Å². The van der Waals surface area contributed by atoms with Crippen LogP contribution >= 0.6 is 0 Å². The highest BCUT2D eigenvalue weighted by molar-refractivity contribution is 7.91. The molecular weight excluding hydrogens is 362 g/mol. The maximum Gasteiger partial charge on any atom is 0.405 e. The number of nitrogens with zero attached hydrogens (tertiary/aromatic N) is 1. The topological polar surface area (TPSA) is 125 Å². The fourth-order valence-electron chi connectivity index (χ4n) is 3.53. The number of sulfonamides is 1. The molecule has 3 fully saturated rings. The maximum absolute atomic E-state index is 12.8. The Labute approximate surface area is 152 Å². The van der Waals surface area contributed by atoms with Crippen LogP contribution in [0.25, 0.3) is 0 Å². The van der Waals surface area contributed by atoms with Gasteiger partial charge in [-0.3, -0.25) is 14.4 Å². The zero-order chi connectivity index (χ0) is 19.0. The summed E-state index contributed by atoms with van der Waals surface area (Å²) in [7, 11) is -3.88. The average molecular weight is 387 g/mol. The normalized spacial score (nSPS) is 30.2. The molecule has 0 unspecified atom stereocenters. The van der Waals surface area contributed by atoms with E-state index in [2.05, 4.69) is 21.5 Å². The van der Waals surface area contributed by atoms with Gasteiger partial charge >= 0.3 is 6.09 Å². The fraction of sp³-hybridized carbons (Fsp3) is 0.750. The lowest BCUT2D eigenvalue weighted by Crippen LogP contribution is -2.53. The van der Waals surface area contributed by atoms with Crippen molar-refractivity contribution in [3.05, 3.63) is 12.7 Å². The van der Waals surface area contributed by atoms with Gasteiger partial charge in [-0.15, -0.1) is 6.58 Å². The van der Waals surface area contributed by atoms with Gasteiger partial charge in [-0.1, -0.05) is 6.08 Å². The number of ether oxygens (including phenoxy) is 1. The summed E-state index contributed by atoms with van der Waals surface area (Å²) in [5.74, 6) is -1.22. The third-order valence-electron chi connectivity index (χ3n) is 5.63. The molecule has 1 saturated heterocycles. The number of nitrogens with one attached hydrogen (secondary N) is 2. The minimum Gasteiger partial charge on any atom is -0.465 e. The fourth-order valence-corrected chi connectivity index (χ4v) is 5.17. The van der Waals surface area contributed by atoms with Gasteiger partial charge in [-0.05, 0) is 32.2 Å². The van der Waals surface area contributed by atoms with E-state index in [4.69, 9.17) is 9.84 Å². The van der Waals surface area contributed by atoms with E-state index >= 15 is 0 Å². The zero-order valence-electron chi connectivity index (χ0n) is 14.6. The quantitative estimate of drug-likeness (QED) is 0.497. The summed E-state index contributed by atoms with van der Waals surface area (Å²) in [6.45, 7) is 7.03. The molecule has 9 nitrogen and oxygen atoms in total. The Balaban J connectivity index is 1.63. The highest BCUT2D eigenvalue weighted by atomic mass is 32.2. The predicted molar refractivity (Wildman–Crippen MR) is 93.1 cm³/mol. The Hall–Kier alpha value is -1.65. The minimum atomic E-state index is -3.88. The standard InChI is InChI=1S/C16H25N3O6S/c1-2-12-11-16(12,17-14(21)22)13(20)18-26(23,24)15(3-4-15)5-6-19-7-9-25-10-8-19/h2,12,17H,1,3-11H2,(H,18,20)(H,21,22)/t12-,16-/m1/s1. The van der Waals surface area contributed by atoms with Crippen molar-refractivity contribution in [3.63, 3.8) is 0 Å². The number of carbonyl (C=O) groups excluding carboxylic acids is 1. The van der Waals surface area contributed by atoms with Crippen molar-refractivity contribution < 1.29 is 27.9 Å². The molecule has 10 heteroatoms. The van der Waals surface area contributed by atoms with Gasteiger partial charge in [0.15, 0.2) is 0 Å². The van der Waals surface area contributed by atoms with Crippen LogP contribution < -0.4 is 10.0 Å². The van der Waals surface area contributed by atoms with E-state index in [-0.39, 0.29) is 6.42 Å². The van der Waals surface area contributed by atoms with Crippen LogP contribution in [0.3, 0.4) is 0 Å². The molecule has 26 heavy (non-hydrogen) atoms. The van der Waals surface area contributed by atoms with Crippen molar-refractivity contribution in [1.29, 1.82) is 0 Å². The van der Waals surface area contributed by atoms with Crippen molar-refractivity contribution in [2.45, 2.75) is 36.0 Å². The average Bonchev–Trinajstić information content (AvgIpc) is 3.48. The highest BCUT2D eigenvalue weighted by Crippen LogP contribution is 2.48. The smallest absolute Gasteiger partial charge is 0.405 e. The second-order valence-electron chi connectivity index (χ2n) is 7.27. The number of hydrogen-bond acceptors (Lipinski definition) is 6. The van der Waals surface area contributed by atoms with Crippen molar-refractivity contribution in [2.75, 3.05) is 32.8 Å². The molecule has 0 bridgehead atoms. The van der Waals surface area contributed by atoms with Crippen LogP contribution in [0.5, 0.6) is 0 Å².